The predicted molar refractivity (Wildman–Crippen MR) is 182 cm³/mol. The summed E-state index contributed by atoms with van der Waals surface area (Å²) >= 11 is 0. The van der Waals surface area contributed by atoms with Crippen LogP contribution in [0.1, 0.15) is 55.7 Å². The van der Waals surface area contributed by atoms with Crippen LogP contribution in [-0.4, -0.2) is 88.2 Å². The van der Waals surface area contributed by atoms with E-state index >= 15 is 4.39 Å². The van der Waals surface area contributed by atoms with Gasteiger partial charge in [0.15, 0.2) is 17.7 Å². The van der Waals surface area contributed by atoms with Crippen molar-refractivity contribution in [1.29, 1.82) is 0 Å². The first kappa shape index (κ1) is 32.5. The second-order valence-electron chi connectivity index (χ2n) is 14.2. The van der Waals surface area contributed by atoms with Crippen molar-refractivity contribution in [1.82, 2.24) is 19.4 Å². The molecule has 3 aromatic heterocycles. The maximum Gasteiger partial charge on any atom is 0.337 e. The summed E-state index contributed by atoms with van der Waals surface area (Å²) < 4.78 is 35.2. The first-order chi connectivity index (χ1) is 22.9. The molecular formula is C37H44FN5O5. The van der Waals surface area contributed by atoms with Gasteiger partial charge in [0.2, 0.25) is 0 Å². The van der Waals surface area contributed by atoms with E-state index in [0.29, 0.717) is 47.1 Å². The number of fused-ring (bicyclic) bond motifs is 2. The number of nitrogens with zero attached hydrogens (tertiary/aromatic N) is 5. The van der Waals surface area contributed by atoms with E-state index in [4.69, 9.17) is 24.2 Å². The Kier molecular flexibility index (Phi) is 8.41. The average molecular weight is 658 g/mol. The van der Waals surface area contributed by atoms with Gasteiger partial charge in [0.05, 0.1) is 37.2 Å². The Morgan fingerprint density at radius 3 is 2.54 bits per heavy atom. The molecule has 0 bridgehead atoms. The topological polar surface area (TPSA) is 102 Å². The molecule has 2 saturated heterocycles. The fraction of sp³-hybridized carbons (Fsp3) is 0.486. The smallest absolute Gasteiger partial charge is 0.337 e. The van der Waals surface area contributed by atoms with Gasteiger partial charge in [-0.15, -0.1) is 0 Å². The minimum absolute atomic E-state index is 0.284. The van der Waals surface area contributed by atoms with Gasteiger partial charge in [-0.05, 0) is 82.9 Å². The van der Waals surface area contributed by atoms with Crippen molar-refractivity contribution in [3.8, 4) is 28.1 Å². The average Bonchev–Trinajstić information content (AvgIpc) is 3.36. The largest absolute Gasteiger partial charge is 0.490 e. The number of aliphatic carboxylic acids is 1. The Labute approximate surface area is 280 Å². The normalized spacial score (nSPS) is 18.0. The van der Waals surface area contributed by atoms with Crippen LogP contribution in [0.3, 0.4) is 0 Å². The molecule has 3 aliphatic heterocycles. The third-order valence-corrected chi connectivity index (χ3v) is 9.88. The molecule has 0 saturated carbocycles. The van der Waals surface area contributed by atoms with Crippen molar-refractivity contribution >= 4 is 22.8 Å². The standard InChI is InChI=1S/C37H44FN5O5/c1-21-25-8-7-15-47-33(25)28(38)17-26(21)32-27-18-29(41(6)35(27)40-22(2)31(32)34(36(44)45)48-37(3,4)5)23-9-10-39-30(16-23)43-13-11-42(12-14-43)24-19-46-20-24/h9-10,16-18,24,34H,7-8,11-15,19-20H2,1-6H3,(H,44,45). The molecule has 48 heavy (non-hydrogen) atoms. The maximum absolute atomic E-state index is 15.8. The van der Waals surface area contributed by atoms with Crippen LogP contribution in [0.4, 0.5) is 10.2 Å². The number of rotatable bonds is 7. The lowest BCUT2D eigenvalue weighted by Crippen LogP contribution is -2.56. The van der Waals surface area contributed by atoms with E-state index in [2.05, 4.69) is 15.9 Å². The van der Waals surface area contributed by atoms with E-state index in [1.54, 1.807) is 6.92 Å². The van der Waals surface area contributed by atoms with Gasteiger partial charge in [0.1, 0.15) is 11.5 Å². The lowest BCUT2D eigenvalue weighted by Gasteiger charge is -2.42. The van der Waals surface area contributed by atoms with Gasteiger partial charge < -0.3 is 28.8 Å². The lowest BCUT2D eigenvalue weighted by molar-refractivity contribution is -0.160. The number of hydrogen-bond donors (Lipinski definition) is 1. The predicted octanol–water partition coefficient (Wildman–Crippen LogP) is 5.84. The number of ether oxygens (including phenoxy) is 3. The molecule has 7 rings (SSSR count). The van der Waals surface area contributed by atoms with E-state index in [-0.39, 0.29) is 5.75 Å². The molecular weight excluding hydrogens is 613 g/mol. The molecule has 4 aromatic rings. The monoisotopic (exact) mass is 657 g/mol. The van der Waals surface area contributed by atoms with Crippen molar-refractivity contribution in [2.45, 2.75) is 65.2 Å². The second-order valence-corrected chi connectivity index (χ2v) is 14.2. The molecule has 0 aliphatic carbocycles. The Bertz CT molecular complexity index is 1890. The highest BCUT2D eigenvalue weighted by atomic mass is 19.1. The number of hydrogen-bond acceptors (Lipinski definition) is 8. The van der Waals surface area contributed by atoms with Crippen LogP contribution in [0.15, 0.2) is 30.5 Å². The van der Waals surface area contributed by atoms with Gasteiger partial charge in [-0.25, -0.2) is 19.2 Å². The molecule has 1 aromatic carbocycles. The quantitative estimate of drug-likeness (QED) is 0.263. The van der Waals surface area contributed by atoms with Gasteiger partial charge in [-0.2, -0.15) is 0 Å². The van der Waals surface area contributed by atoms with Crippen LogP contribution in [0.25, 0.3) is 33.4 Å². The van der Waals surface area contributed by atoms with Crippen molar-refractivity contribution in [3.63, 3.8) is 0 Å². The first-order valence-electron chi connectivity index (χ1n) is 16.8. The van der Waals surface area contributed by atoms with Crippen molar-refractivity contribution in [2.24, 2.45) is 7.05 Å². The van der Waals surface area contributed by atoms with E-state index in [1.165, 1.54) is 6.07 Å². The molecule has 2 fully saturated rings. The van der Waals surface area contributed by atoms with Crippen molar-refractivity contribution in [3.05, 3.63) is 58.7 Å². The molecule has 6 heterocycles. The highest BCUT2D eigenvalue weighted by Gasteiger charge is 2.35. The Balaban J connectivity index is 1.39. The Hall–Kier alpha value is -4.06. The number of anilines is 1. The Morgan fingerprint density at radius 2 is 1.88 bits per heavy atom. The van der Waals surface area contributed by atoms with E-state index < -0.39 is 23.5 Å². The zero-order chi connectivity index (χ0) is 33.9. The first-order valence-corrected chi connectivity index (χ1v) is 16.8. The minimum Gasteiger partial charge on any atom is -0.490 e. The number of carboxylic acid groups (broad SMARTS) is 1. The maximum atomic E-state index is 15.8. The van der Waals surface area contributed by atoms with E-state index in [9.17, 15) is 9.90 Å². The summed E-state index contributed by atoms with van der Waals surface area (Å²) in [7, 11) is 1.96. The van der Waals surface area contributed by atoms with E-state index in [1.807, 2.05) is 57.6 Å². The molecule has 1 atom stereocenters. The van der Waals surface area contributed by atoms with Crippen LogP contribution in [0.2, 0.25) is 0 Å². The minimum atomic E-state index is -1.33. The Morgan fingerprint density at radius 1 is 1.12 bits per heavy atom. The van der Waals surface area contributed by atoms with Crippen molar-refractivity contribution in [2.75, 3.05) is 50.9 Å². The third-order valence-electron chi connectivity index (χ3n) is 9.88. The summed E-state index contributed by atoms with van der Waals surface area (Å²) in [6.45, 7) is 15.0. The summed E-state index contributed by atoms with van der Waals surface area (Å²) in [6, 6.07) is 8.13. The number of aromatic nitrogens is 3. The van der Waals surface area contributed by atoms with Gasteiger partial charge in [-0.3, -0.25) is 4.90 Å². The summed E-state index contributed by atoms with van der Waals surface area (Å²) in [4.78, 5) is 27.5. The lowest BCUT2D eigenvalue weighted by atomic mass is 9.86. The molecule has 0 amide bonds. The molecule has 11 heteroatoms. The van der Waals surface area contributed by atoms with Gasteiger partial charge in [-0.1, -0.05) is 0 Å². The summed E-state index contributed by atoms with van der Waals surface area (Å²) in [5, 5.41) is 11.3. The number of aryl methyl sites for hydroxylation is 2. The highest BCUT2D eigenvalue weighted by Crippen LogP contribution is 2.45. The van der Waals surface area contributed by atoms with Gasteiger partial charge >= 0.3 is 5.97 Å². The summed E-state index contributed by atoms with van der Waals surface area (Å²) in [5.41, 5.74) is 5.61. The number of carboxylic acids is 1. The van der Waals surface area contributed by atoms with Crippen LogP contribution in [0, 0.1) is 19.7 Å². The molecule has 3 aliphatic rings. The summed E-state index contributed by atoms with van der Waals surface area (Å²) in [6.07, 6.45) is 1.97. The zero-order valence-corrected chi connectivity index (χ0v) is 28.6. The van der Waals surface area contributed by atoms with Crippen LogP contribution < -0.4 is 9.64 Å². The van der Waals surface area contributed by atoms with Gasteiger partial charge in [0.25, 0.3) is 0 Å². The molecule has 1 N–H and O–H groups in total. The molecule has 1 unspecified atom stereocenters. The van der Waals surface area contributed by atoms with Gasteiger partial charge in [0, 0.05) is 72.8 Å². The number of pyridine rings is 2. The molecule has 0 spiro atoms. The highest BCUT2D eigenvalue weighted by molar-refractivity contribution is 6.01. The fourth-order valence-electron chi connectivity index (χ4n) is 7.35. The number of piperazine rings is 1. The second kappa shape index (κ2) is 12.4. The zero-order valence-electron chi connectivity index (χ0n) is 28.6. The molecule has 0 radical (unpaired) electrons. The van der Waals surface area contributed by atoms with E-state index in [0.717, 1.165) is 79.4 Å². The SMILES string of the molecule is Cc1nc2c(cc(-c3ccnc(N4CCN(C5COC5)CC4)c3)n2C)c(-c2cc(F)c3c(c2C)CCCO3)c1C(OC(C)(C)C)C(=O)O. The number of carbonyl (C=O) groups is 1. The number of halogens is 1. The van der Waals surface area contributed by atoms with Crippen LogP contribution in [0.5, 0.6) is 5.75 Å². The number of benzene rings is 1. The third kappa shape index (κ3) is 5.82. The van der Waals surface area contributed by atoms with Crippen molar-refractivity contribution < 1.29 is 28.5 Å². The van der Waals surface area contributed by atoms with Crippen LogP contribution >= 0.6 is 0 Å². The molecule has 254 valence electrons. The fourth-order valence-corrected chi connectivity index (χ4v) is 7.35. The summed E-state index contributed by atoms with van der Waals surface area (Å²) in [5.74, 6) is -0.395. The molecule has 10 nitrogen and oxygen atoms in total. The van der Waals surface area contributed by atoms with Crippen LogP contribution in [-0.2, 0) is 27.7 Å².